The van der Waals surface area contributed by atoms with Crippen molar-refractivity contribution in [2.45, 2.75) is 38.8 Å². The number of hydrogen-bond donors (Lipinski definition) is 1. The van der Waals surface area contributed by atoms with Crippen molar-refractivity contribution in [1.29, 1.82) is 0 Å². The molecule has 0 atom stereocenters. The molecule has 1 saturated carbocycles. The monoisotopic (exact) mass is 303 g/mol. The van der Waals surface area contributed by atoms with Gasteiger partial charge in [-0.1, -0.05) is 13.3 Å². The van der Waals surface area contributed by atoms with Gasteiger partial charge >= 0.3 is 6.18 Å². The van der Waals surface area contributed by atoms with E-state index in [0.29, 0.717) is 18.7 Å². The zero-order chi connectivity index (χ0) is 15.7. The number of alkyl halides is 3. The summed E-state index contributed by atoms with van der Waals surface area (Å²) in [6.45, 7) is 2.48. The Balaban J connectivity index is 2.09. The number of benzene rings is 1. The third-order valence-corrected chi connectivity index (χ3v) is 4.32. The van der Waals surface area contributed by atoms with Crippen LogP contribution in [0, 0.1) is 11.2 Å². The summed E-state index contributed by atoms with van der Waals surface area (Å²) >= 11 is 0. The van der Waals surface area contributed by atoms with Crippen LogP contribution in [0.2, 0.25) is 0 Å². The van der Waals surface area contributed by atoms with E-state index in [-0.39, 0.29) is 11.0 Å². The molecule has 2 rings (SSSR count). The SMILES string of the molecule is CCC1(CNC(=O)c2ccc(F)c(C(F)(F)F)c2)CCC1. The second kappa shape index (κ2) is 5.66. The maximum Gasteiger partial charge on any atom is 0.419 e. The molecule has 0 unspecified atom stereocenters. The molecule has 1 N–H and O–H groups in total. The van der Waals surface area contributed by atoms with Crippen LogP contribution in [0.3, 0.4) is 0 Å². The number of carbonyl (C=O) groups excluding carboxylic acids is 1. The quantitative estimate of drug-likeness (QED) is 0.832. The summed E-state index contributed by atoms with van der Waals surface area (Å²) in [4.78, 5) is 11.9. The lowest BCUT2D eigenvalue weighted by molar-refractivity contribution is -0.140. The Hall–Kier alpha value is -1.59. The van der Waals surface area contributed by atoms with Gasteiger partial charge in [-0.2, -0.15) is 13.2 Å². The summed E-state index contributed by atoms with van der Waals surface area (Å²) in [5, 5.41) is 2.66. The molecule has 2 nitrogen and oxygen atoms in total. The van der Waals surface area contributed by atoms with Gasteiger partial charge in [-0.05, 0) is 42.9 Å². The zero-order valence-electron chi connectivity index (χ0n) is 11.7. The molecule has 0 aromatic heterocycles. The van der Waals surface area contributed by atoms with Crippen molar-refractivity contribution < 1.29 is 22.4 Å². The van der Waals surface area contributed by atoms with E-state index in [9.17, 15) is 22.4 Å². The molecule has 0 aliphatic heterocycles. The molecule has 1 fully saturated rings. The highest BCUT2D eigenvalue weighted by Crippen LogP contribution is 2.43. The molecular weight excluding hydrogens is 286 g/mol. The van der Waals surface area contributed by atoms with Crippen molar-refractivity contribution in [2.75, 3.05) is 6.54 Å². The van der Waals surface area contributed by atoms with Crippen molar-refractivity contribution in [1.82, 2.24) is 5.32 Å². The van der Waals surface area contributed by atoms with Gasteiger partial charge in [-0.3, -0.25) is 4.79 Å². The molecule has 21 heavy (non-hydrogen) atoms. The first kappa shape index (κ1) is 15.8. The molecular formula is C15H17F4NO. The summed E-state index contributed by atoms with van der Waals surface area (Å²) in [5.41, 5.74) is -1.51. The topological polar surface area (TPSA) is 29.1 Å². The summed E-state index contributed by atoms with van der Waals surface area (Å²) in [5.74, 6) is -1.97. The van der Waals surface area contributed by atoms with Crippen LogP contribution in [0.5, 0.6) is 0 Å². The molecule has 1 amide bonds. The van der Waals surface area contributed by atoms with E-state index < -0.39 is 23.5 Å². The molecule has 116 valence electrons. The highest BCUT2D eigenvalue weighted by molar-refractivity contribution is 5.94. The third-order valence-electron chi connectivity index (χ3n) is 4.32. The van der Waals surface area contributed by atoms with Crippen LogP contribution in [-0.2, 0) is 6.18 Å². The molecule has 1 aromatic rings. The van der Waals surface area contributed by atoms with Gasteiger partial charge < -0.3 is 5.32 Å². The molecule has 0 bridgehead atoms. The van der Waals surface area contributed by atoms with E-state index in [1.807, 2.05) is 6.92 Å². The lowest BCUT2D eigenvalue weighted by Gasteiger charge is -2.41. The first-order valence-corrected chi connectivity index (χ1v) is 6.92. The predicted molar refractivity (Wildman–Crippen MR) is 70.3 cm³/mol. The largest absolute Gasteiger partial charge is 0.419 e. The maximum absolute atomic E-state index is 13.2. The molecule has 6 heteroatoms. The van der Waals surface area contributed by atoms with E-state index in [2.05, 4.69) is 5.32 Å². The van der Waals surface area contributed by atoms with Crippen molar-refractivity contribution in [3.05, 3.63) is 35.1 Å². The van der Waals surface area contributed by atoms with Crippen LogP contribution < -0.4 is 5.32 Å². The van der Waals surface area contributed by atoms with Crippen molar-refractivity contribution in [3.63, 3.8) is 0 Å². The molecule has 0 heterocycles. The minimum atomic E-state index is -4.81. The van der Waals surface area contributed by atoms with E-state index >= 15 is 0 Å². The van der Waals surface area contributed by atoms with Crippen LogP contribution in [0.1, 0.15) is 48.5 Å². The van der Waals surface area contributed by atoms with Gasteiger partial charge in [0.2, 0.25) is 0 Å². The van der Waals surface area contributed by atoms with E-state index in [4.69, 9.17) is 0 Å². The smallest absolute Gasteiger partial charge is 0.351 e. The van der Waals surface area contributed by atoms with Gasteiger partial charge in [-0.15, -0.1) is 0 Å². The van der Waals surface area contributed by atoms with Crippen molar-refractivity contribution >= 4 is 5.91 Å². The van der Waals surface area contributed by atoms with E-state index in [1.165, 1.54) is 0 Å². The number of nitrogens with one attached hydrogen (secondary N) is 1. The Morgan fingerprint density at radius 3 is 2.48 bits per heavy atom. The molecule has 1 aromatic carbocycles. The van der Waals surface area contributed by atoms with Gasteiger partial charge in [0.15, 0.2) is 0 Å². The average molecular weight is 303 g/mol. The van der Waals surface area contributed by atoms with Gasteiger partial charge in [0.25, 0.3) is 5.91 Å². The fraction of sp³-hybridized carbons (Fsp3) is 0.533. The van der Waals surface area contributed by atoms with Gasteiger partial charge in [0, 0.05) is 12.1 Å². The predicted octanol–water partition coefficient (Wildman–Crippen LogP) is 4.15. The lowest BCUT2D eigenvalue weighted by Crippen LogP contribution is -2.41. The van der Waals surface area contributed by atoms with Gasteiger partial charge in [0.1, 0.15) is 5.82 Å². The number of rotatable bonds is 4. The maximum atomic E-state index is 13.2. The number of carbonyl (C=O) groups is 1. The van der Waals surface area contributed by atoms with E-state index in [0.717, 1.165) is 31.7 Å². The minimum Gasteiger partial charge on any atom is -0.351 e. The van der Waals surface area contributed by atoms with Crippen LogP contribution in [0.4, 0.5) is 17.6 Å². The van der Waals surface area contributed by atoms with Crippen LogP contribution in [0.25, 0.3) is 0 Å². The molecule has 0 radical (unpaired) electrons. The Labute approximate surface area is 120 Å². The Morgan fingerprint density at radius 2 is 2.00 bits per heavy atom. The number of halogens is 4. The highest BCUT2D eigenvalue weighted by Gasteiger charge is 2.36. The Bertz CT molecular complexity index is 529. The standard InChI is InChI=1S/C15H17F4NO/c1-2-14(6-3-7-14)9-20-13(21)10-4-5-12(16)11(8-10)15(17,18)19/h4-5,8H,2-3,6-7,9H2,1H3,(H,20,21). The first-order chi connectivity index (χ1) is 9.77. The minimum absolute atomic E-state index is 0.0720. The van der Waals surface area contributed by atoms with Crippen LogP contribution >= 0.6 is 0 Å². The Morgan fingerprint density at radius 1 is 1.33 bits per heavy atom. The van der Waals surface area contributed by atoms with Crippen molar-refractivity contribution in [2.24, 2.45) is 5.41 Å². The number of amides is 1. The zero-order valence-corrected chi connectivity index (χ0v) is 11.7. The summed E-state index contributed by atoms with van der Waals surface area (Å²) < 4.78 is 51.0. The molecule has 0 spiro atoms. The average Bonchev–Trinajstić information content (AvgIpc) is 2.37. The van der Waals surface area contributed by atoms with Crippen molar-refractivity contribution in [3.8, 4) is 0 Å². The van der Waals surface area contributed by atoms with E-state index in [1.54, 1.807) is 0 Å². The Kier molecular flexibility index (Phi) is 4.25. The summed E-state index contributed by atoms with van der Waals surface area (Å²) in [6, 6.07) is 2.31. The molecule has 1 aliphatic rings. The summed E-state index contributed by atoms with van der Waals surface area (Å²) in [7, 11) is 0. The van der Waals surface area contributed by atoms with Crippen LogP contribution in [0.15, 0.2) is 18.2 Å². The normalized spacial score (nSPS) is 17.2. The summed E-state index contributed by atoms with van der Waals surface area (Å²) in [6.07, 6.45) is -0.746. The second-order valence-corrected chi connectivity index (χ2v) is 5.58. The van der Waals surface area contributed by atoms with Crippen LogP contribution in [-0.4, -0.2) is 12.5 Å². The highest BCUT2D eigenvalue weighted by atomic mass is 19.4. The van der Waals surface area contributed by atoms with Gasteiger partial charge in [0.05, 0.1) is 5.56 Å². The molecule has 0 saturated heterocycles. The van der Waals surface area contributed by atoms with Gasteiger partial charge in [-0.25, -0.2) is 4.39 Å². The fourth-order valence-corrected chi connectivity index (χ4v) is 2.59. The fourth-order valence-electron chi connectivity index (χ4n) is 2.59. The first-order valence-electron chi connectivity index (χ1n) is 6.92. The lowest BCUT2D eigenvalue weighted by atomic mass is 9.67. The molecule has 1 aliphatic carbocycles. The third kappa shape index (κ3) is 3.36. The second-order valence-electron chi connectivity index (χ2n) is 5.58. The number of hydrogen-bond acceptors (Lipinski definition) is 1.